The Morgan fingerprint density at radius 3 is 2.64 bits per heavy atom. The molecule has 0 aromatic heterocycles. The average molecular weight is 382 g/mol. The summed E-state index contributed by atoms with van der Waals surface area (Å²) in [7, 11) is 5.25. The van der Waals surface area contributed by atoms with Crippen LogP contribution in [0, 0.1) is 19.3 Å². The van der Waals surface area contributed by atoms with E-state index in [-0.39, 0.29) is 6.03 Å². The van der Waals surface area contributed by atoms with Gasteiger partial charge in [0, 0.05) is 37.1 Å². The first-order valence-corrected chi connectivity index (χ1v) is 9.16. The summed E-state index contributed by atoms with van der Waals surface area (Å²) in [6.07, 6.45) is 3.13. The second kappa shape index (κ2) is 9.71. The Hall–Kier alpha value is -3.12. The number of rotatable bonds is 7. The third-order valence-corrected chi connectivity index (χ3v) is 4.52. The molecular weight excluding hydrogens is 352 g/mol. The Morgan fingerprint density at radius 2 is 2.00 bits per heavy atom. The van der Waals surface area contributed by atoms with Gasteiger partial charge in [0.05, 0.1) is 19.7 Å². The van der Waals surface area contributed by atoms with E-state index in [1.807, 2.05) is 44.5 Å². The van der Waals surface area contributed by atoms with Gasteiger partial charge < -0.3 is 25.7 Å². The van der Waals surface area contributed by atoms with Crippen LogP contribution in [0.2, 0.25) is 0 Å². The second-order valence-electron chi connectivity index (χ2n) is 6.73. The molecule has 0 bridgehead atoms. The van der Waals surface area contributed by atoms with E-state index in [4.69, 9.17) is 10.1 Å². The lowest BCUT2D eigenvalue weighted by molar-refractivity contribution is -0.555. The van der Waals surface area contributed by atoms with E-state index >= 15 is 0 Å². The minimum Gasteiger partial charge on any atom is -0.496 e. The quantitative estimate of drug-likeness (QED) is 0.644. The molecule has 6 heteroatoms. The van der Waals surface area contributed by atoms with Crippen molar-refractivity contribution in [3.05, 3.63) is 64.9 Å². The largest absolute Gasteiger partial charge is 0.496 e. The number of carbonyl (C=O) groups excluding carboxylic acids is 1. The molecule has 2 aromatic rings. The molecule has 148 valence electrons. The first kappa shape index (κ1) is 21.2. The van der Waals surface area contributed by atoms with E-state index < -0.39 is 0 Å². The van der Waals surface area contributed by atoms with E-state index in [1.165, 1.54) is 11.8 Å². The van der Waals surface area contributed by atoms with Gasteiger partial charge in [0.2, 0.25) is 0 Å². The van der Waals surface area contributed by atoms with Crippen LogP contribution in [-0.4, -0.2) is 38.4 Å². The lowest BCUT2D eigenvalue weighted by Crippen LogP contribution is -2.72. The van der Waals surface area contributed by atoms with Crippen LogP contribution in [0.1, 0.15) is 22.3 Å². The van der Waals surface area contributed by atoms with Gasteiger partial charge in [-0.05, 0) is 37.1 Å². The van der Waals surface area contributed by atoms with Gasteiger partial charge in [0.1, 0.15) is 11.9 Å². The maximum atomic E-state index is 12.6. The normalized spacial score (nSPS) is 11.1. The molecule has 4 N–H and O–H groups in total. The van der Waals surface area contributed by atoms with Gasteiger partial charge in [-0.1, -0.05) is 23.8 Å². The number of hydrogen-bond acceptors (Lipinski definition) is 3. The van der Waals surface area contributed by atoms with E-state index in [1.54, 1.807) is 25.1 Å². The highest BCUT2D eigenvalue weighted by molar-refractivity contribution is 6.09. The Bertz CT molecular complexity index is 890. The van der Waals surface area contributed by atoms with Gasteiger partial charge in [-0.3, -0.25) is 0 Å². The number of ether oxygens (including phenoxy) is 1. The zero-order valence-corrected chi connectivity index (χ0v) is 17.2. The van der Waals surface area contributed by atoms with Gasteiger partial charge in [-0.15, -0.1) is 0 Å². The Kier molecular flexibility index (Phi) is 7.35. The zero-order valence-electron chi connectivity index (χ0n) is 17.2. The summed E-state index contributed by atoms with van der Waals surface area (Å²) in [4.78, 5) is 14.3. The van der Waals surface area contributed by atoms with Crippen molar-refractivity contribution in [2.75, 3.05) is 26.5 Å². The van der Waals surface area contributed by atoms with E-state index in [2.05, 4.69) is 23.5 Å². The van der Waals surface area contributed by atoms with Crippen molar-refractivity contribution in [3.8, 4) is 5.75 Å². The summed E-state index contributed by atoms with van der Waals surface area (Å²) in [5, 5.41) is 12.4. The highest BCUT2D eigenvalue weighted by atomic mass is 16.5. The minimum absolute atomic E-state index is 0.194. The van der Waals surface area contributed by atoms with Crippen LogP contribution in [0.15, 0.2) is 42.6 Å². The number of nitrogens with zero attached hydrogens (tertiary/aromatic N) is 1. The van der Waals surface area contributed by atoms with Crippen LogP contribution in [0.25, 0.3) is 5.57 Å². The number of nitrogens with one attached hydrogen (secondary N) is 2. The fourth-order valence-electron chi connectivity index (χ4n) is 2.92. The predicted octanol–water partition coefficient (Wildman–Crippen LogP) is 3.16. The predicted molar refractivity (Wildman–Crippen MR) is 114 cm³/mol. The topological polar surface area (TPSA) is 82.0 Å². The number of carbonyl (C=O) groups is 1. The van der Waals surface area contributed by atoms with E-state index in [0.29, 0.717) is 18.0 Å². The molecular formula is C22H29N4O2+. The summed E-state index contributed by atoms with van der Waals surface area (Å²) in [5.74, 6) is 0.603. The molecule has 0 unspecified atom stereocenters. The number of benzene rings is 2. The number of hydrogen-bond donors (Lipinski definition) is 3. The van der Waals surface area contributed by atoms with Crippen molar-refractivity contribution in [1.82, 2.24) is 4.90 Å². The van der Waals surface area contributed by atoms with Gasteiger partial charge in [0.25, 0.3) is 0 Å². The van der Waals surface area contributed by atoms with Crippen LogP contribution < -0.4 is 15.4 Å². The maximum Gasteiger partial charge on any atom is 0.321 e. The minimum atomic E-state index is -0.194. The first-order chi connectivity index (χ1) is 13.4. The van der Waals surface area contributed by atoms with Crippen molar-refractivity contribution in [3.63, 3.8) is 0 Å². The van der Waals surface area contributed by atoms with Crippen LogP contribution in [0.3, 0.4) is 0 Å². The number of nitrogens with two attached hydrogens (primary N) is 1. The van der Waals surface area contributed by atoms with Crippen molar-refractivity contribution < 1.29 is 14.8 Å². The summed E-state index contributed by atoms with van der Waals surface area (Å²) >= 11 is 0. The van der Waals surface area contributed by atoms with Crippen LogP contribution >= 0.6 is 0 Å². The molecule has 0 aliphatic rings. The molecule has 0 fully saturated rings. The number of anilines is 1. The maximum absolute atomic E-state index is 12.6. The monoisotopic (exact) mass is 381 g/mol. The fourth-order valence-corrected chi connectivity index (χ4v) is 2.92. The highest BCUT2D eigenvalue weighted by Gasteiger charge is 2.14. The van der Waals surface area contributed by atoms with Crippen LogP contribution in [0.4, 0.5) is 10.5 Å². The van der Waals surface area contributed by atoms with Crippen molar-refractivity contribution >= 4 is 23.5 Å². The molecule has 2 aromatic carbocycles. The molecule has 0 atom stereocenters. The molecule has 2 amide bonds. The standard InChI is InChI=1S/C22H28N4O2/c1-15-6-7-16(2)17(10-15)14-26(4)22(27)25-19-8-9-20(21(11-19)28-5)18(12-23)13-24-3/h6-13,23-24H,14H2,1-5H3,(H,25,27)/p+1/b18-13+,23-12?. The second-order valence-corrected chi connectivity index (χ2v) is 6.73. The van der Waals surface area contributed by atoms with Gasteiger partial charge >= 0.3 is 6.03 Å². The number of quaternary nitrogens is 1. The molecule has 0 saturated carbocycles. The summed E-state index contributed by atoms with van der Waals surface area (Å²) in [5.41, 5.74) is 5.65. The highest BCUT2D eigenvalue weighted by Crippen LogP contribution is 2.28. The van der Waals surface area contributed by atoms with Gasteiger partial charge in [0.15, 0.2) is 0 Å². The third kappa shape index (κ3) is 5.20. The Morgan fingerprint density at radius 1 is 1.25 bits per heavy atom. The lowest BCUT2D eigenvalue weighted by Gasteiger charge is -2.20. The molecule has 0 heterocycles. The number of aryl methyl sites for hydroxylation is 2. The van der Waals surface area contributed by atoms with E-state index in [9.17, 15) is 4.79 Å². The number of allylic oxidation sites excluding steroid dienone is 1. The van der Waals surface area contributed by atoms with Crippen molar-refractivity contribution in [1.29, 1.82) is 5.41 Å². The number of amides is 2. The molecule has 28 heavy (non-hydrogen) atoms. The summed E-state index contributed by atoms with van der Waals surface area (Å²) in [6, 6.07) is 11.5. The Balaban J connectivity index is 2.16. The van der Waals surface area contributed by atoms with Gasteiger partial charge in [-0.25, -0.2) is 4.79 Å². The molecule has 0 saturated heterocycles. The van der Waals surface area contributed by atoms with Crippen molar-refractivity contribution in [2.24, 2.45) is 0 Å². The lowest BCUT2D eigenvalue weighted by atomic mass is 10.1. The van der Waals surface area contributed by atoms with E-state index in [0.717, 1.165) is 22.3 Å². The number of methoxy groups -OCH3 is 1. The SMILES string of the molecule is C[NH2+]/C=C(\C=N)c1ccc(NC(=O)N(C)Cc2cc(C)ccc2C)cc1OC. The Labute approximate surface area is 166 Å². The summed E-state index contributed by atoms with van der Waals surface area (Å²) < 4.78 is 5.46. The van der Waals surface area contributed by atoms with Crippen LogP contribution in [-0.2, 0) is 6.54 Å². The zero-order chi connectivity index (χ0) is 20.7. The van der Waals surface area contributed by atoms with Crippen molar-refractivity contribution in [2.45, 2.75) is 20.4 Å². The smallest absolute Gasteiger partial charge is 0.321 e. The average Bonchev–Trinajstić information content (AvgIpc) is 2.68. The molecule has 0 spiro atoms. The van der Waals surface area contributed by atoms with Crippen LogP contribution in [0.5, 0.6) is 5.75 Å². The molecule has 0 aliphatic carbocycles. The third-order valence-electron chi connectivity index (χ3n) is 4.52. The molecule has 6 nitrogen and oxygen atoms in total. The molecule has 0 radical (unpaired) electrons. The summed E-state index contributed by atoms with van der Waals surface area (Å²) in [6.45, 7) is 4.62. The molecule has 2 rings (SSSR count). The fraction of sp³-hybridized carbons (Fsp3) is 0.273. The first-order valence-electron chi connectivity index (χ1n) is 9.16. The molecule has 0 aliphatic heterocycles. The number of urea groups is 1. The van der Waals surface area contributed by atoms with Gasteiger partial charge in [-0.2, -0.15) is 0 Å².